The molecule has 0 bridgehead atoms. The highest BCUT2D eigenvalue weighted by molar-refractivity contribution is 5.59. The smallest absolute Gasteiger partial charge is 0.384 e. The molecule has 1 aliphatic heterocycles. The minimum Gasteiger partial charge on any atom is -0.384 e. The van der Waals surface area contributed by atoms with Gasteiger partial charge in [0.2, 0.25) is 0 Å². The van der Waals surface area contributed by atoms with E-state index in [9.17, 15) is 13.2 Å². The molecule has 0 aliphatic carbocycles. The fourth-order valence-corrected chi connectivity index (χ4v) is 2.45. The van der Waals surface area contributed by atoms with Crippen LogP contribution in [0.25, 0.3) is 0 Å². The molecule has 1 unspecified atom stereocenters. The van der Waals surface area contributed by atoms with Crippen LogP contribution in [0.5, 0.6) is 0 Å². The van der Waals surface area contributed by atoms with Gasteiger partial charge in [0, 0.05) is 18.2 Å². The third kappa shape index (κ3) is 3.43. The highest BCUT2D eigenvalue weighted by Gasteiger charge is 2.33. The molecular formula is C15H20F3N. The van der Waals surface area contributed by atoms with Crippen LogP contribution in [0.3, 0.4) is 0 Å². The maximum Gasteiger partial charge on any atom is 0.416 e. The van der Waals surface area contributed by atoms with Crippen LogP contribution in [0.15, 0.2) is 18.2 Å². The predicted octanol–water partition coefficient (Wildman–Crippen LogP) is 5.04. The molecule has 4 heteroatoms. The van der Waals surface area contributed by atoms with Crippen molar-refractivity contribution in [2.24, 2.45) is 5.41 Å². The minimum atomic E-state index is -4.26. The molecule has 1 aromatic carbocycles. The van der Waals surface area contributed by atoms with E-state index in [4.69, 9.17) is 0 Å². The van der Waals surface area contributed by atoms with E-state index in [-0.39, 0.29) is 11.3 Å². The van der Waals surface area contributed by atoms with Crippen molar-refractivity contribution < 1.29 is 13.2 Å². The monoisotopic (exact) mass is 271 g/mol. The van der Waals surface area contributed by atoms with E-state index in [1.54, 1.807) is 6.07 Å². The van der Waals surface area contributed by atoms with Crippen LogP contribution in [0, 0.1) is 5.41 Å². The van der Waals surface area contributed by atoms with E-state index < -0.39 is 11.7 Å². The van der Waals surface area contributed by atoms with Gasteiger partial charge in [-0.25, -0.2) is 0 Å². The third-order valence-corrected chi connectivity index (χ3v) is 3.60. The van der Waals surface area contributed by atoms with Crippen molar-refractivity contribution in [1.29, 1.82) is 0 Å². The molecule has 1 N–H and O–H groups in total. The summed E-state index contributed by atoms with van der Waals surface area (Å²) in [5.41, 5.74) is 1.34. The first-order valence-electron chi connectivity index (χ1n) is 6.62. The van der Waals surface area contributed by atoms with E-state index in [2.05, 4.69) is 26.1 Å². The molecule has 0 spiro atoms. The fourth-order valence-electron chi connectivity index (χ4n) is 2.45. The fraction of sp³-hybridized carbons (Fsp3) is 0.600. The Kier molecular flexibility index (Phi) is 3.54. The van der Waals surface area contributed by atoms with E-state index in [1.807, 2.05) is 0 Å². The van der Waals surface area contributed by atoms with Crippen molar-refractivity contribution in [2.45, 2.75) is 45.7 Å². The Balaban J connectivity index is 2.18. The Hall–Kier alpha value is -1.19. The molecule has 0 aromatic heterocycles. The SMILES string of the molecule is CC(C)(C)CCC1CNc2ccc(C(F)(F)F)cc21. The first kappa shape index (κ1) is 14.2. The minimum absolute atomic E-state index is 0.191. The number of hydrogen-bond donors (Lipinski definition) is 1. The number of rotatable bonds is 2. The molecule has 0 saturated heterocycles. The highest BCUT2D eigenvalue weighted by atomic mass is 19.4. The molecule has 0 saturated carbocycles. The van der Waals surface area contributed by atoms with Crippen LogP contribution in [0.2, 0.25) is 0 Å². The molecule has 1 atom stereocenters. The van der Waals surface area contributed by atoms with Gasteiger partial charge in [0.15, 0.2) is 0 Å². The summed E-state index contributed by atoms with van der Waals surface area (Å²) >= 11 is 0. The standard InChI is InChI=1S/C15H20F3N/c1-14(2,3)7-6-10-9-19-13-5-4-11(8-12(10)13)15(16,17)18/h4-5,8,10,19H,6-7,9H2,1-3H3. The largest absolute Gasteiger partial charge is 0.416 e. The van der Waals surface area contributed by atoms with E-state index in [0.29, 0.717) is 0 Å². The zero-order valence-electron chi connectivity index (χ0n) is 11.6. The van der Waals surface area contributed by atoms with Gasteiger partial charge in [0.05, 0.1) is 5.56 Å². The Morgan fingerprint density at radius 3 is 2.47 bits per heavy atom. The normalized spacial score (nSPS) is 19.2. The van der Waals surface area contributed by atoms with Crippen molar-refractivity contribution in [3.05, 3.63) is 29.3 Å². The lowest BCUT2D eigenvalue weighted by Gasteiger charge is -2.21. The second-order valence-corrected chi connectivity index (χ2v) is 6.48. The summed E-state index contributed by atoms with van der Waals surface area (Å²) < 4.78 is 38.2. The van der Waals surface area contributed by atoms with Gasteiger partial charge >= 0.3 is 6.18 Å². The summed E-state index contributed by atoms with van der Waals surface area (Å²) in [5.74, 6) is 0.191. The van der Waals surface area contributed by atoms with Gasteiger partial charge in [-0.3, -0.25) is 0 Å². The van der Waals surface area contributed by atoms with Crippen molar-refractivity contribution in [2.75, 3.05) is 11.9 Å². The van der Waals surface area contributed by atoms with Crippen molar-refractivity contribution in [3.63, 3.8) is 0 Å². The molecule has 1 nitrogen and oxygen atoms in total. The Morgan fingerprint density at radius 2 is 1.89 bits per heavy atom. The van der Waals surface area contributed by atoms with Crippen LogP contribution in [0.1, 0.15) is 50.7 Å². The lowest BCUT2D eigenvalue weighted by molar-refractivity contribution is -0.137. The second-order valence-electron chi connectivity index (χ2n) is 6.48. The Bertz CT molecular complexity index is 457. The first-order valence-corrected chi connectivity index (χ1v) is 6.62. The maximum atomic E-state index is 12.7. The molecule has 0 amide bonds. The lowest BCUT2D eigenvalue weighted by atomic mass is 9.85. The molecule has 1 aliphatic rings. The molecule has 106 valence electrons. The van der Waals surface area contributed by atoms with Crippen LogP contribution in [-0.4, -0.2) is 6.54 Å². The topological polar surface area (TPSA) is 12.0 Å². The highest BCUT2D eigenvalue weighted by Crippen LogP contribution is 2.40. The van der Waals surface area contributed by atoms with Crippen LogP contribution in [0.4, 0.5) is 18.9 Å². The average Bonchev–Trinajstić information content (AvgIpc) is 2.66. The molecule has 2 rings (SSSR count). The van der Waals surface area contributed by atoms with Crippen molar-refractivity contribution >= 4 is 5.69 Å². The van der Waals surface area contributed by atoms with E-state index >= 15 is 0 Å². The number of hydrogen-bond acceptors (Lipinski definition) is 1. The molecule has 1 aromatic rings. The van der Waals surface area contributed by atoms with E-state index in [1.165, 1.54) is 6.07 Å². The number of nitrogens with one attached hydrogen (secondary N) is 1. The van der Waals surface area contributed by atoms with E-state index in [0.717, 1.165) is 36.7 Å². The molecule has 19 heavy (non-hydrogen) atoms. The molecule has 1 heterocycles. The predicted molar refractivity (Wildman–Crippen MR) is 71.4 cm³/mol. The van der Waals surface area contributed by atoms with Gasteiger partial charge in [-0.2, -0.15) is 13.2 Å². The number of fused-ring (bicyclic) bond motifs is 1. The average molecular weight is 271 g/mol. The van der Waals surface area contributed by atoms with Crippen molar-refractivity contribution in [1.82, 2.24) is 0 Å². The molecular weight excluding hydrogens is 251 g/mol. The zero-order chi connectivity index (χ0) is 14.3. The van der Waals surface area contributed by atoms with Crippen LogP contribution in [-0.2, 0) is 6.18 Å². The zero-order valence-corrected chi connectivity index (χ0v) is 11.6. The summed E-state index contributed by atoms with van der Waals surface area (Å²) in [6.45, 7) is 7.21. The summed E-state index contributed by atoms with van der Waals surface area (Å²) in [6.07, 6.45) is -2.33. The number of anilines is 1. The van der Waals surface area contributed by atoms with Crippen LogP contribution < -0.4 is 5.32 Å². The maximum absolute atomic E-state index is 12.7. The summed E-state index contributed by atoms with van der Waals surface area (Å²) in [7, 11) is 0. The van der Waals surface area contributed by atoms with Gasteiger partial charge in [-0.05, 0) is 42.0 Å². The summed E-state index contributed by atoms with van der Waals surface area (Å²) in [4.78, 5) is 0. The second kappa shape index (κ2) is 4.73. The van der Waals surface area contributed by atoms with Crippen LogP contribution >= 0.6 is 0 Å². The quantitative estimate of drug-likeness (QED) is 0.794. The van der Waals surface area contributed by atoms with Gasteiger partial charge in [-0.1, -0.05) is 20.8 Å². The Labute approximate surface area is 112 Å². The third-order valence-electron chi connectivity index (χ3n) is 3.60. The lowest BCUT2D eigenvalue weighted by Crippen LogP contribution is -2.10. The number of halogens is 3. The summed E-state index contributed by atoms with van der Waals surface area (Å²) in [6, 6.07) is 4.01. The number of benzene rings is 1. The van der Waals surface area contributed by atoms with Crippen molar-refractivity contribution in [3.8, 4) is 0 Å². The van der Waals surface area contributed by atoms with Gasteiger partial charge in [-0.15, -0.1) is 0 Å². The number of alkyl halides is 3. The van der Waals surface area contributed by atoms with Gasteiger partial charge in [0.1, 0.15) is 0 Å². The molecule has 0 fully saturated rings. The Morgan fingerprint density at radius 1 is 1.21 bits per heavy atom. The summed E-state index contributed by atoms with van der Waals surface area (Å²) in [5, 5.41) is 3.20. The van der Waals surface area contributed by atoms with Gasteiger partial charge in [0.25, 0.3) is 0 Å². The first-order chi connectivity index (χ1) is 8.67. The van der Waals surface area contributed by atoms with Gasteiger partial charge < -0.3 is 5.32 Å². The molecule has 0 radical (unpaired) electrons.